The minimum absolute atomic E-state index is 0.125. The molecule has 2 aromatic rings. The van der Waals surface area contributed by atoms with Gasteiger partial charge in [0.2, 0.25) is 0 Å². The number of anilines is 1. The molecule has 110 valence electrons. The molecule has 0 aliphatic carbocycles. The third-order valence-corrected chi connectivity index (χ3v) is 3.01. The molecule has 0 heterocycles. The largest absolute Gasteiger partial charge is 0.377 e. The van der Waals surface area contributed by atoms with Gasteiger partial charge in [-0.1, -0.05) is 12.1 Å². The van der Waals surface area contributed by atoms with Gasteiger partial charge in [-0.2, -0.15) is 0 Å². The molecule has 1 N–H and O–H groups in total. The Labute approximate surface area is 120 Å². The number of benzene rings is 2. The van der Waals surface area contributed by atoms with Crippen LogP contribution in [0.15, 0.2) is 42.5 Å². The lowest BCUT2D eigenvalue weighted by atomic mass is 10.1. The van der Waals surface area contributed by atoms with Gasteiger partial charge < -0.3 is 5.32 Å². The van der Waals surface area contributed by atoms with Gasteiger partial charge in [0.1, 0.15) is 17.3 Å². The van der Waals surface area contributed by atoms with Crippen LogP contribution >= 0.6 is 0 Å². The lowest BCUT2D eigenvalue weighted by Gasteiger charge is -2.15. The van der Waals surface area contributed by atoms with Gasteiger partial charge in [0.25, 0.3) is 5.69 Å². The van der Waals surface area contributed by atoms with E-state index in [9.17, 15) is 18.9 Å². The Balaban J connectivity index is 2.10. The van der Waals surface area contributed by atoms with Gasteiger partial charge in [-0.15, -0.1) is 0 Å². The molecule has 1 unspecified atom stereocenters. The molecule has 0 spiro atoms. The highest BCUT2D eigenvalue weighted by atomic mass is 19.1. The summed E-state index contributed by atoms with van der Waals surface area (Å²) < 4.78 is 25.9. The summed E-state index contributed by atoms with van der Waals surface area (Å²) >= 11 is 0. The zero-order valence-electron chi connectivity index (χ0n) is 11.3. The average molecular weight is 292 g/mol. The number of nitro benzene ring substituents is 1. The monoisotopic (exact) mass is 292 g/mol. The number of halogens is 2. The molecule has 0 aliphatic rings. The van der Waals surface area contributed by atoms with Crippen LogP contribution in [0.3, 0.4) is 0 Å². The summed E-state index contributed by atoms with van der Waals surface area (Å²) in [6.45, 7) is 1.84. The summed E-state index contributed by atoms with van der Waals surface area (Å²) in [6.07, 6.45) is 0.564. The zero-order valence-corrected chi connectivity index (χ0v) is 11.3. The first-order chi connectivity index (χ1) is 9.95. The first-order valence-corrected chi connectivity index (χ1v) is 6.40. The highest BCUT2D eigenvalue weighted by Crippen LogP contribution is 2.26. The second-order valence-electron chi connectivity index (χ2n) is 4.79. The van der Waals surface area contributed by atoms with Crippen LogP contribution in [0.2, 0.25) is 0 Å². The molecule has 1 atom stereocenters. The van der Waals surface area contributed by atoms with Crippen molar-refractivity contribution in [2.75, 3.05) is 5.32 Å². The number of nitro groups is 1. The topological polar surface area (TPSA) is 55.2 Å². The van der Waals surface area contributed by atoms with Crippen molar-refractivity contribution in [3.8, 4) is 0 Å². The molecule has 6 heteroatoms. The van der Waals surface area contributed by atoms with Crippen molar-refractivity contribution >= 4 is 11.4 Å². The molecule has 0 aliphatic heterocycles. The van der Waals surface area contributed by atoms with Crippen molar-refractivity contribution in [3.63, 3.8) is 0 Å². The summed E-state index contributed by atoms with van der Waals surface area (Å²) in [5, 5.41) is 13.9. The third kappa shape index (κ3) is 3.98. The van der Waals surface area contributed by atoms with Crippen LogP contribution in [0, 0.1) is 21.7 Å². The van der Waals surface area contributed by atoms with Crippen LogP contribution in [-0.2, 0) is 6.42 Å². The van der Waals surface area contributed by atoms with E-state index in [0.717, 1.165) is 11.6 Å². The van der Waals surface area contributed by atoms with E-state index in [1.807, 2.05) is 6.92 Å². The molecule has 0 amide bonds. The van der Waals surface area contributed by atoms with Gasteiger partial charge >= 0.3 is 0 Å². The van der Waals surface area contributed by atoms with E-state index in [2.05, 4.69) is 5.32 Å². The molecule has 0 radical (unpaired) electrons. The highest BCUT2D eigenvalue weighted by molar-refractivity contribution is 5.61. The minimum atomic E-state index is -0.654. The molecule has 0 aromatic heterocycles. The van der Waals surface area contributed by atoms with Crippen molar-refractivity contribution < 1.29 is 13.7 Å². The first-order valence-electron chi connectivity index (χ1n) is 6.40. The SMILES string of the molecule is CC(Cc1ccc(F)cc1)Nc1ccc(F)cc1[N+](=O)[O-]. The van der Waals surface area contributed by atoms with Gasteiger partial charge in [-0.3, -0.25) is 10.1 Å². The van der Waals surface area contributed by atoms with E-state index in [4.69, 9.17) is 0 Å². The molecule has 0 saturated heterocycles. The summed E-state index contributed by atoms with van der Waals surface area (Å²) in [5.41, 5.74) is 0.859. The van der Waals surface area contributed by atoms with Crippen LogP contribution in [0.4, 0.5) is 20.2 Å². The fraction of sp³-hybridized carbons (Fsp3) is 0.200. The second kappa shape index (κ2) is 6.30. The third-order valence-electron chi connectivity index (χ3n) is 3.01. The molecule has 4 nitrogen and oxygen atoms in total. The number of nitrogens with zero attached hydrogens (tertiary/aromatic N) is 1. The Morgan fingerprint density at radius 1 is 1.14 bits per heavy atom. The van der Waals surface area contributed by atoms with Gasteiger partial charge in [0.15, 0.2) is 0 Å². The maximum absolute atomic E-state index is 13.1. The number of rotatable bonds is 5. The van der Waals surface area contributed by atoms with E-state index in [1.54, 1.807) is 12.1 Å². The second-order valence-corrected chi connectivity index (χ2v) is 4.79. The van der Waals surface area contributed by atoms with Crippen molar-refractivity contribution in [1.82, 2.24) is 0 Å². The number of nitrogens with one attached hydrogen (secondary N) is 1. The van der Waals surface area contributed by atoms with E-state index in [1.165, 1.54) is 24.3 Å². The molecule has 0 saturated carbocycles. The maximum atomic E-state index is 13.1. The van der Waals surface area contributed by atoms with E-state index < -0.39 is 10.7 Å². The highest BCUT2D eigenvalue weighted by Gasteiger charge is 2.16. The van der Waals surface area contributed by atoms with Gasteiger partial charge in [-0.05, 0) is 43.2 Å². The van der Waals surface area contributed by atoms with E-state index in [0.29, 0.717) is 6.42 Å². The Bertz CT molecular complexity index is 645. The number of hydrogen-bond donors (Lipinski definition) is 1. The van der Waals surface area contributed by atoms with Crippen molar-refractivity contribution in [2.45, 2.75) is 19.4 Å². The van der Waals surface area contributed by atoms with Gasteiger partial charge in [0, 0.05) is 6.04 Å². The van der Waals surface area contributed by atoms with Crippen LogP contribution in [0.5, 0.6) is 0 Å². The lowest BCUT2D eigenvalue weighted by Crippen LogP contribution is -2.18. The lowest BCUT2D eigenvalue weighted by molar-refractivity contribution is -0.384. The Morgan fingerprint density at radius 3 is 2.38 bits per heavy atom. The Hall–Kier alpha value is -2.50. The van der Waals surface area contributed by atoms with Crippen molar-refractivity contribution in [2.24, 2.45) is 0 Å². The normalized spacial score (nSPS) is 12.0. The molecule has 2 rings (SSSR count). The van der Waals surface area contributed by atoms with Gasteiger partial charge in [0.05, 0.1) is 11.0 Å². The van der Waals surface area contributed by atoms with E-state index in [-0.39, 0.29) is 23.2 Å². The summed E-state index contributed by atoms with van der Waals surface area (Å²) in [4.78, 5) is 10.3. The molecule has 0 fully saturated rings. The van der Waals surface area contributed by atoms with Crippen molar-refractivity contribution in [1.29, 1.82) is 0 Å². The average Bonchev–Trinajstić information content (AvgIpc) is 2.43. The molecular weight excluding hydrogens is 278 g/mol. The maximum Gasteiger partial charge on any atom is 0.295 e. The van der Waals surface area contributed by atoms with Crippen LogP contribution in [-0.4, -0.2) is 11.0 Å². The molecule has 2 aromatic carbocycles. The number of hydrogen-bond acceptors (Lipinski definition) is 3. The Kier molecular flexibility index (Phi) is 4.47. The summed E-state index contributed by atoms with van der Waals surface area (Å²) in [7, 11) is 0. The van der Waals surface area contributed by atoms with Gasteiger partial charge in [-0.25, -0.2) is 8.78 Å². The van der Waals surface area contributed by atoms with Crippen LogP contribution < -0.4 is 5.32 Å². The predicted molar refractivity (Wildman–Crippen MR) is 76.2 cm³/mol. The predicted octanol–water partition coefficient (Wildman–Crippen LogP) is 3.92. The first kappa shape index (κ1) is 14.9. The quantitative estimate of drug-likeness (QED) is 0.671. The molecule has 0 bridgehead atoms. The standard InChI is InChI=1S/C15H14F2N2O2/c1-10(8-11-2-4-12(16)5-3-11)18-14-7-6-13(17)9-15(14)19(20)21/h2-7,9-10,18H,8H2,1H3. The fourth-order valence-corrected chi connectivity index (χ4v) is 2.07. The van der Waals surface area contributed by atoms with Crippen LogP contribution in [0.1, 0.15) is 12.5 Å². The van der Waals surface area contributed by atoms with Crippen molar-refractivity contribution in [3.05, 3.63) is 69.8 Å². The minimum Gasteiger partial charge on any atom is -0.377 e. The smallest absolute Gasteiger partial charge is 0.295 e. The summed E-state index contributed by atoms with van der Waals surface area (Å²) in [5.74, 6) is -0.966. The molecular formula is C15H14F2N2O2. The fourth-order valence-electron chi connectivity index (χ4n) is 2.07. The Morgan fingerprint density at radius 2 is 1.76 bits per heavy atom. The van der Waals surface area contributed by atoms with E-state index >= 15 is 0 Å². The van der Waals surface area contributed by atoms with Crippen LogP contribution in [0.25, 0.3) is 0 Å². The molecule has 21 heavy (non-hydrogen) atoms. The summed E-state index contributed by atoms with van der Waals surface area (Å²) in [6, 6.07) is 9.31. The zero-order chi connectivity index (χ0) is 15.4.